The molecule has 34 heavy (non-hydrogen) atoms. The molecule has 0 amide bonds. The molecule has 0 aliphatic heterocycles. The average Bonchev–Trinajstić information content (AvgIpc) is 3.10. The Morgan fingerprint density at radius 2 is 1.82 bits per heavy atom. The second kappa shape index (κ2) is 12.5. The molecule has 1 heterocycles. The summed E-state index contributed by atoms with van der Waals surface area (Å²) in [7, 11) is 1.79. The summed E-state index contributed by atoms with van der Waals surface area (Å²) in [5.41, 5.74) is 2.54. The van der Waals surface area contributed by atoms with Crippen LogP contribution in [0.4, 0.5) is 4.39 Å². The molecule has 2 aromatic carbocycles. The zero-order valence-corrected chi connectivity index (χ0v) is 20.2. The molecule has 6 nitrogen and oxygen atoms in total. The summed E-state index contributed by atoms with van der Waals surface area (Å²) in [5.74, 6) is 0.536. The number of rotatable bonds is 13. The predicted octanol–water partition coefficient (Wildman–Crippen LogP) is 5.04. The fourth-order valence-electron chi connectivity index (χ4n) is 3.86. The number of halogens is 1. The molecule has 0 bridgehead atoms. The quantitative estimate of drug-likeness (QED) is 0.282. The van der Waals surface area contributed by atoms with Gasteiger partial charge in [-0.3, -0.25) is 4.90 Å². The highest BCUT2D eigenvalue weighted by atomic mass is 19.1. The van der Waals surface area contributed by atoms with Gasteiger partial charge in [-0.2, -0.15) is 5.10 Å². The number of aliphatic hydroxyl groups is 1. The van der Waals surface area contributed by atoms with E-state index in [1.807, 2.05) is 30.3 Å². The Balaban J connectivity index is 1.96. The van der Waals surface area contributed by atoms with E-state index in [4.69, 9.17) is 14.6 Å². The SMILES string of the molecule is C=CCOC[C@@H](O)CN(Cc1c(-c2ccccc2)nn(C)c1Oc1ccccc1F)CC(C)C. The highest BCUT2D eigenvalue weighted by Crippen LogP contribution is 2.35. The molecular weight excluding hydrogens is 433 g/mol. The van der Waals surface area contributed by atoms with E-state index >= 15 is 0 Å². The standard InChI is InChI=1S/C27H34FN3O3/c1-5-15-33-19-22(32)17-31(16-20(2)3)18-23-26(21-11-7-6-8-12-21)29-30(4)27(23)34-25-14-10-9-13-24(25)28/h5-14,20,22,32H,1,15-19H2,2-4H3/t22-/m0/s1. The molecule has 7 heteroatoms. The number of para-hydroxylation sites is 1. The van der Waals surface area contributed by atoms with Gasteiger partial charge in [0.25, 0.3) is 0 Å². The molecule has 1 aromatic heterocycles. The van der Waals surface area contributed by atoms with Gasteiger partial charge in [-0.1, -0.05) is 62.4 Å². The smallest absolute Gasteiger partial charge is 0.222 e. The third kappa shape index (κ3) is 7.00. The Labute approximate surface area is 201 Å². The van der Waals surface area contributed by atoms with Crippen LogP contribution in [0.1, 0.15) is 19.4 Å². The van der Waals surface area contributed by atoms with Gasteiger partial charge >= 0.3 is 0 Å². The summed E-state index contributed by atoms with van der Waals surface area (Å²) in [5, 5.41) is 15.3. The topological polar surface area (TPSA) is 59.8 Å². The Morgan fingerprint density at radius 3 is 2.50 bits per heavy atom. The second-order valence-corrected chi connectivity index (χ2v) is 8.72. The van der Waals surface area contributed by atoms with Gasteiger partial charge in [-0.25, -0.2) is 9.07 Å². The molecule has 0 saturated heterocycles. The van der Waals surface area contributed by atoms with Crippen LogP contribution in [-0.2, 0) is 18.3 Å². The van der Waals surface area contributed by atoms with Crippen molar-refractivity contribution in [2.24, 2.45) is 13.0 Å². The lowest BCUT2D eigenvalue weighted by atomic mass is 10.1. The van der Waals surface area contributed by atoms with Crippen molar-refractivity contribution in [1.82, 2.24) is 14.7 Å². The fourth-order valence-corrected chi connectivity index (χ4v) is 3.86. The van der Waals surface area contributed by atoms with Crippen molar-refractivity contribution in [3.63, 3.8) is 0 Å². The molecule has 0 aliphatic carbocycles. The van der Waals surface area contributed by atoms with Gasteiger partial charge in [-0.15, -0.1) is 6.58 Å². The maximum Gasteiger partial charge on any atom is 0.222 e. The molecule has 0 saturated carbocycles. The normalized spacial score (nSPS) is 12.3. The Bertz CT molecular complexity index is 1050. The minimum atomic E-state index is -0.661. The minimum Gasteiger partial charge on any atom is -0.436 e. The van der Waals surface area contributed by atoms with Crippen molar-refractivity contribution >= 4 is 0 Å². The average molecular weight is 468 g/mol. The third-order valence-electron chi connectivity index (χ3n) is 5.20. The van der Waals surface area contributed by atoms with Gasteiger partial charge in [0, 0.05) is 32.2 Å². The second-order valence-electron chi connectivity index (χ2n) is 8.72. The summed E-state index contributed by atoms with van der Waals surface area (Å²) in [4.78, 5) is 2.16. The first-order chi connectivity index (χ1) is 16.4. The molecule has 0 spiro atoms. The summed E-state index contributed by atoms with van der Waals surface area (Å²) in [6.45, 7) is 10.1. The molecule has 0 radical (unpaired) electrons. The molecular formula is C27H34FN3O3. The largest absolute Gasteiger partial charge is 0.436 e. The molecule has 0 fully saturated rings. The van der Waals surface area contributed by atoms with Crippen LogP contribution in [-0.4, -0.2) is 52.2 Å². The van der Waals surface area contributed by atoms with Gasteiger partial charge in [0.1, 0.15) is 5.69 Å². The predicted molar refractivity (Wildman–Crippen MR) is 132 cm³/mol. The molecule has 0 unspecified atom stereocenters. The summed E-state index contributed by atoms with van der Waals surface area (Å²) < 4.78 is 27.5. The van der Waals surface area contributed by atoms with E-state index in [0.29, 0.717) is 31.5 Å². The molecule has 0 aliphatic rings. The Kier molecular flexibility index (Phi) is 9.39. The van der Waals surface area contributed by atoms with Crippen LogP contribution in [0.5, 0.6) is 11.6 Å². The molecule has 3 aromatic rings. The van der Waals surface area contributed by atoms with E-state index in [2.05, 4.69) is 25.3 Å². The van der Waals surface area contributed by atoms with Gasteiger partial charge < -0.3 is 14.6 Å². The number of aromatic nitrogens is 2. The van der Waals surface area contributed by atoms with E-state index in [-0.39, 0.29) is 12.4 Å². The van der Waals surface area contributed by atoms with E-state index in [1.165, 1.54) is 6.07 Å². The van der Waals surface area contributed by atoms with E-state index in [0.717, 1.165) is 23.4 Å². The number of hydrogen-bond donors (Lipinski definition) is 1. The number of benzene rings is 2. The van der Waals surface area contributed by atoms with Crippen molar-refractivity contribution in [2.75, 3.05) is 26.3 Å². The fraction of sp³-hybridized carbons (Fsp3) is 0.370. The van der Waals surface area contributed by atoms with Crippen molar-refractivity contribution < 1.29 is 19.0 Å². The van der Waals surface area contributed by atoms with Crippen LogP contribution in [0, 0.1) is 11.7 Å². The Hall–Kier alpha value is -3.00. The van der Waals surface area contributed by atoms with E-state index < -0.39 is 11.9 Å². The van der Waals surface area contributed by atoms with Crippen molar-refractivity contribution in [3.05, 3.63) is 78.6 Å². The van der Waals surface area contributed by atoms with Crippen LogP contribution >= 0.6 is 0 Å². The number of nitrogens with zero attached hydrogens (tertiary/aromatic N) is 3. The third-order valence-corrected chi connectivity index (χ3v) is 5.20. The van der Waals surface area contributed by atoms with Gasteiger partial charge in [0.05, 0.1) is 24.9 Å². The van der Waals surface area contributed by atoms with Crippen molar-refractivity contribution in [3.8, 4) is 22.9 Å². The lowest BCUT2D eigenvalue weighted by molar-refractivity contribution is 0.0222. The first-order valence-electron chi connectivity index (χ1n) is 11.5. The zero-order valence-electron chi connectivity index (χ0n) is 20.2. The van der Waals surface area contributed by atoms with Crippen LogP contribution < -0.4 is 4.74 Å². The number of aliphatic hydroxyl groups excluding tert-OH is 1. The van der Waals surface area contributed by atoms with Crippen LogP contribution in [0.15, 0.2) is 67.3 Å². The van der Waals surface area contributed by atoms with Gasteiger partial charge in [0.15, 0.2) is 11.6 Å². The van der Waals surface area contributed by atoms with E-state index in [1.54, 1.807) is 36.0 Å². The summed E-state index contributed by atoms with van der Waals surface area (Å²) in [6.07, 6.45) is 0.999. The Morgan fingerprint density at radius 1 is 1.12 bits per heavy atom. The molecule has 1 N–H and O–H groups in total. The number of ether oxygens (including phenoxy) is 2. The van der Waals surface area contributed by atoms with Crippen LogP contribution in [0.25, 0.3) is 11.3 Å². The molecule has 3 rings (SSSR count). The van der Waals surface area contributed by atoms with Crippen LogP contribution in [0.2, 0.25) is 0 Å². The summed E-state index contributed by atoms with van der Waals surface area (Å²) >= 11 is 0. The maximum atomic E-state index is 14.4. The van der Waals surface area contributed by atoms with E-state index in [9.17, 15) is 9.50 Å². The number of aryl methyl sites for hydroxylation is 1. The maximum absolute atomic E-state index is 14.4. The highest BCUT2D eigenvalue weighted by Gasteiger charge is 2.24. The lowest BCUT2D eigenvalue weighted by Crippen LogP contribution is -2.37. The first kappa shape index (κ1) is 25.6. The monoisotopic (exact) mass is 467 g/mol. The lowest BCUT2D eigenvalue weighted by Gasteiger charge is -2.27. The zero-order chi connectivity index (χ0) is 24.5. The van der Waals surface area contributed by atoms with Crippen LogP contribution in [0.3, 0.4) is 0 Å². The molecule has 182 valence electrons. The summed E-state index contributed by atoms with van der Waals surface area (Å²) in [6, 6.07) is 16.2. The minimum absolute atomic E-state index is 0.139. The van der Waals surface area contributed by atoms with Crippen molar-refractivity contribution in [2.45, 2.75) is 26.5 Å². The highest BCUT2D eigenvalue weighted by molar-refractivity contribution is 5.65. The number of hydrogen-bond acceptors (Lipinski definition) is 5. The van der Waals surface area contributed by atoms with Gasteiger partial charge in [-0.05, 0) is 18.1 Å². The molecule has 1 atom stereocenters. The van der Waals surface area contributed by atoms with Gasteiger partial charge in [0.2, 0.25) is 5.88 Å². The van der Waals surface area contributed by atoms with Crippen molar-refractivity contribution in [1.29, 1.82) is 0 Å². The first-order valence-corrected chi connectivity index (χ1v) is 11.5.